The van der Waals surface area contributed by atoms with Crippen LogP contribution in [0.25, 0.3) is 0 Å². The molecule has 0 aromatic heterocycles. The van der Waals surface area contributed by atoms with Crippen LogP contribution in [0, 0.1) is 10.1 Å². The van der Waals surface area contributed by atoms with Gasteiger partial charge in [-0.3, -0.25) is 19.7 Å². The molecule has 1 aromatic rings. The van der Waals surface area contributed by atoms with E-state index in [-0.39, 0.29) is 28.9 Å². The van der Waals surface area contributed by atoms with E-state index < -0.39 is 10.9 Å². The number of rotatable bonds is 8. The minimum atomic E-state index is -1.09. The fraction of sp³-hybridized carbons (Fsp3) is 0.385. The summed E-state index contributed by atoms with van der Waals surface area (Å²) in [4.78, 5) is 34.7. The molecule has 0 atom stereocenters. The number of carbonyl (C=O) groups excluding carboxylic acids is 1. The molecule has 7 nitrogen and oxygen atoms in total. The van der Waals surface area contributed by atoms with Gasteiger partial charge in [0.2, 0.25) is 5.91 Å². The first-order valence-corrected chi connectivity index (χ1v) is 7.77. The number of carboxylic acid groups (broad SMARTS) is 1. The number of hydrogen-bond acceptors (Lipinski definition) is 5. The third kappa shape index (κ3) is 5.53. The standard InChI is InChI=1S/C13H15ClN2O5S/c1-2-5-15(7-13(18)19)12(17)8-22-11-4-3-9(14)6-10(11)16(20)21/h3-4,6H,2,5,7-8H2,1H3,(H,18,19). The van der Waals surface area contributed by atoms with E-state index in [2.05, 4.69) is 0 Å². The third-order valence-corrected chi connectivity index (χ3v) is 3.92. The molecule has 0 aliphatic heterocycles. The molecule has 22 heavy (non-hydrogen) atoms. The number of nitro groups is 1. The highest BCUT2D eigenvalue weighted by Gasteiger charge is 2.19. The van der Waals surface area contributed by atoms with E-state index in [9.17, 15) is 19.7 Å². The summed E-state index contributed by atoms with van der Waals surface area (Å²) in [5, 5.41) is 20.0. The minimum absolute atomic E-state index is 0.0737. The number of nitrogens with zero attached hydrogens (tertiary/aromatic N) is 2. The van der Waals surface area contributed by atoms with Crippen LogP contribution in [0.15, 0.2) is 23.1 Å². The van der Waals surface area contributed by atoms with Gasteiger partial charge in [0.25, 0.3) is 5.69 Å². The van der Waals surface area contributed by atoms with Gasteiger partial charge in [-0.25, -0.2) is 0 Å². The lowest BCUT2D eigenvalue weighted by Crippen LogP contribution is -2.37. The summed E-state index contributed by atoms with van der Waals surface area (Å²) in [5.41, 5.74) is -0.175. The maximum absolute atomic E-state index is 12.0. The molecule has 9 heteroatoms. The van der Waals surface area contributed by atoms with Crippen LogP contribution in [0.4, 0.5) is 5.69 Å². The van der Waals surface area contributed by atoms with Crippen LogP contribution in [-0.2, 0) is 9.59 Å². The van der Waals surface area contributed by atoms with Crippen molar-refractivity contribution in [2.24, 2.45) is 0 Å². The number of amides is 1. The van der Waals surface area contributed by atoms with Crippen molar-refractivity contribution in [3.8, 4) is 0 Å². The molecule has 0 saturated heterocycles. The van der Waals surface area contributed by atoms with Crippen molar-refractivity contribution in [2.75, 3.05) is 18.8 Å². The summed E-state index contributed by atoms with van der Waals surface area (Å²) < 4.78 is 0. The molecule has 0 spiro atoms. The van der Waals surface area contributed by atoms with Crippen molar-refractivity contribution in [3.05, 3.63) is 33.3 Å². The van der Waals surface area contributed by atoms with Gasteiger partial charge in [0.1, 0.15) is 6.54 Å². The molecule has 0 heterocycles. The summed E-state index contributed by atoms with van der Waals surface area (Å²) in [6, 6.07) is 4.19. The lowest BCUT2D eigenvalue weighted by atomic mass is 10.3. The number of nitro benzene ring substituents is 1. The van der Waals surface area contributed by atoms with Crippen molar-refractivity contribution < 1.29 is 19.6 Å². The summed E-state index contributed by atoms with van der Waals surface area (Å²) >= 11 is 6.71. The van der Waals surface area contributed by atoms with Crippen molar-refractivity contribution in [3.63, 3.8) is 0 Å². The average molecular weight is 347 g/mol. The molecule has 0 fully saturated rings. The number of carboxylic acids is 1. The Hall–Kier alpha value is -1.80. The van der Waals surface area contributed by atoms with Gasteiger partial charge in [0.05, 0.1) is 15.6 Å². The zero-order chi connectivity index (χ0) is 16.7. The molecule has 0 radical (unpaired) electrons. The number of aliphatic carboxylic acids is 1. The van der Waals surface area contributed by atoms with Crippen LogP contribution in [0.2, 0.25) is 5.02 Å². The topological polar surface area (TPSA) is 101 Å². The summed E-state index contributed by atoms with van der Waals surface area (Å²) in [7, 11) is 0. The molecule has 1 amide bonds. The highest BCUT2D eigenvalue weighted by molar-refractivity contribution is 8.00. The van der Waals surface area contributed by atoms with Gasteiger partial charge in [-0.15, -0.1) is 11.8 Å². The normalized spacial score (nSPS) is 10.3. The van der Waals surface area contributed by atoms with E-state index >= 15 is 0 Å². The maximum atomic E-state index is 12.0. The van der Waals surface area contributed by atoms with E-state index in [1.54, 1.807) is 0 Å². The number of benzene rings is 1. The fourth-order valence-corrected chi connectivity index (χ4v) is 2.78. The highest BCUT2D eigenvalue weighted by atomic mass is 35.5. The van der Waals surface area contributed by atoms with Crippen molar-refractivity contribution in [2.45, 2.75) is 18.2 Å². The molecule has 1 aromatic carbocycles. The number of halogens is 1. The van der Waals surface area contributed by atoms with Crippen molar-refractivity contribution in [1.29, 1.82) is 0 Å². The zero-order valence-corrected chi connectivity index (χ0v) is 13.4. The van der Waals surface area contributed by atoms with Crippen LogP contribution < -0.4 is 0 Å². The van der Waals surface area contributed by atoms with Crippen LogP contribution in [0.1, 0.15) is 13.3 Å². The Kier molecular flexibility index (Phi) is 7.13. The predicted octanol–water partition coefficient (Wildman–Crippen LogP) is 2.66. The summed E-state index contributed by atoms with van der Waals surface area (Å²) in [5.74, 6) is -1.54. The van der Waals surface area contributed by atoms with Crippen LogP contribution in [-0.4, -0.2) is 45.6 Å². The van der Waals surface area contributed by atoms with Gasteiger partial charge in [-0.2, -0.15) is 0 Å². The molecule has 0 aliphatic carbocycles. The molecule has 1 N–H and O–H groups in total. The minimum Gasteiger partial charge on any atom is -0.480 e. The van der Waals surface area contributed by atoms with E-state index in [0.717, 1.165) is 11.8 Å². The van der Waals surface area contributed by atoms with Gasteiger partial charge in [-0.05, 0) is 18.6 Å². The first kappa shape index (κ1) is 18.2. The second kappa shape index (κ2) is 8.60. The van der Waals surface area contributed by atoms with Gasteiger partial charge in [0.15, 0.2) is 0 Å². The number of thioether (sulfide) groups is 1. The maximum Gasteiger partial charge on any atom is 0.323 e. The summed E-state index contributed by atoms with van der Waals surface area (Å²) in [6.45, 7) is 1.78. The van der Waals surface area contributed by atoms with E-state index in [1.807, 2.05) is 6.92 Å². The Balaban J connectivity index is 2.78. The second-order valence-electron chi connectivity index (χ2n) is 4.37. The van der Waals surface area contributed by atoms with Crippen molar-refractivity contribution in [1.82, 2.24) is 4.90 Å². The summed E-state index contributed by atoms with van der Waals surface area (Å²) in [6.07, 6.45) is 0.630. The molecule has 0 unspecified atom stereocenters. The fourth-order valence-electron chi connectivity index (χ4n) is 1.71. The van der Waals surface area contributed by atoms with Crippen molar-refractivity contribution >= 4 is 40.9 Å². The molecule has 1 rings (SSSR count). The van der Waals surface area contributed by atoms with E-state index in [0.29, 0.717) is 17.9 Å². The Morgan fingerprint density at radius 2 is 2.14 bits per heavy atom. The molecule has 0 bridgehead atoms. The number of carbonyl (C=O) groups is 2. The Bertz CT molecular complexity index is 582. The first-order valence-electron chi connectivity index (χ1n) is 6.41. The van der Waals surface area contributed by atoms with E-state index in [4.69, 9.17) is 16.7 Å². The largest absolute Gasteiger partial charge is 0.480 e. The van der Waals surface area contributed by atoms with Crippen LogP contribution in [0.5, 0.6) is 0 Å². The van der Waals surface area contributed by atoms with E-state index in [1.165, 1.54) is 23.1 Å². The average Bonchev–Trinajstić information content (AvgIpc) is 2.44. The lowest BCUT2D eigenvalue weighted by Gasteiger charge is -2.19. The first-order chi connectivity index (χ1) is 10.3. The zero-order valence-electron chi connectivity index (χ0n) is 11.8. The highest BCUT2D eigenvalue weighted by Crippen LogP contribution is 2.31. The predicted molar refractivity (Wildman–Crippen MR) is 83.3 cm³/mol. The molecule has 0 aliphatic rings. The second-order valence-corrected chi connectivity index (χ2v) is 5.82. The van der Waals surface area contributed by atoms with Crippen LogP contribution >= 0.6 is 23.4 Å². The van der Waals surface area contributed by atoms with Gasteiger partial charge >= 0.3 is 5.97 Å². The van der Waals surface area contributed by atoms with Gasteiger partial charge in [-0.1, -0.05) is 18.5 Å². The third-order valence-electron chi connectivity index (χ3n) is 2.64. The smallest absolute Gasteiger partial charge is 0.323 e. The molecule has 0 saturated carbocycles. The molecular weight excluding hydrogens is 332 g/mol. The quantitative estimate of drug-likeness (QED) is 0.441. The lowest BCUT2D eigenvalue weighted by molar-refractivity contribution is -0.387. The van der Waals surface area contributed by atoms with Gasteiger partial charge in [0, 0.05) is 17.6 Å². The Labute approximate surface area is 136 Å². The monoisotopic (exact) mass is 346 g/mol. The Morgan fingerprint density at radius 1 is 1.45 bits per heavy atom. The molecular formula is C13H15ClN2O5S. The van der Waals surface area contributed by atoms with Crippen LogP contribution in [0.3, 0.4) is 0 Å². The van der Waals surface area contributed by atoms with Gasteiger partial charge < -0.3 is 10.0 Å². The number of hydrogen-bond donors (Lipinski definition) is 1. The molecule has 120 valence electrons. The Morgan fingerprint density at radius 3 is 2.68 bits per heavy atom. The SMILES string of the molecule is CCCN(CC(=O)O)C(=O)CSc1ccc(Cl)cc1[N+](=O)[O-].